The Morgan fingerprint density at radius 2 is 2.08 bits per heavy atom. The van der Waals surface area contributed by atoms with Gasteiger partial charge < -0.3 is 10.1 Å². The molecule has 0 radical (unpaired) electrons. The molecular formula is C18H20ClN3O2. The number of nitrogens with zero attached hydrogens (tertiary/aromatic N) is 2. The van der Waals surface area contributed by atoms with Crippen LogP contribution < -0.4 is 10.2 Å². The van der Waals surface area contributed by atoms with Gasteiger partial charge in [-0.2, -0.15) is 0 Å². The summed E-state index contributed by atoms with van der Waals surface area (Å²) in [5.74, 6) is 0.563. The number of carbonyl (C=O) groups is 1. The van der Waals surface area contributed by atoms with E-state index in [1.54, 1.807) is 24.4 Å². The lowest BCUT2D eigenvalue weighted by molar-refractivity contribution is 0.0598. The largest absolute Gasteiger partial charge is 0.443 e. The molecule has 0 spiro atoms. The zero-order chi connectivity index (χ0) is 17.5. The monoisotopic (exact) mass is 345 g/mol. The first kappa shape index (κ1) is 16.6. The summed E-state index contributed by atoms with van der Waals surface area (Å²) >= 11 is 6.13. The maximum Gasteiger partial charge on any atom is 0.420 e. The summed E-state index contributed by atoms with van der Waals surface area (Å²) in [5, 5.41) is 3.99. The number of hydrogen-bond donors (Lipinski definition) is 1. The Bertz CT molecular complexity index is 786. The zero-order valence-corrected chi connectivity index (χ0v) is 14.9. The molecule has 0 bridgehead atoms. The summed E-state index contributed by atoms with van der Waals surface area (Å²) in [5.41, 5.74) is 1.73. The third kappa shape index (κ3) is 3.17. The van der Waals surface area contributed by atoms with E-state index in [0.29, 0.717) is 16.5 Å². The van der Waals surface area contributed by atoms with Gasteiger partial charge in [-0.05, 0) is 52.0 Å². The third-order valence-corrected chi connectivity index (χ3v) is 3.88. The van der Waals surface area contributed by atoms with Crippen LogP contribution in [0.25, 0.3) is 0 Å². The van der Waals surface area contributed by atoms with E-state index in [9.17, 15) is 4.79 Å². The second-order valence-corrected chi connectivity index (χ2v) is 7.20. The van der Waals surface area contributed by atoms with Gasteiger partial charge in [-0.25, -0.2) is 14.7 Å². The van der Waals surface area contributed by atoms with Crippen LogP contribution in [0.2, 0.25) is 5.02 Å². The number of amides is 1. The predicted octanol–water partition coefficient (Wildman–Crippen LogP) is 5.29. The van der Waals surface area contributed by atoms with Crippen LogP contribution in [-0.2, 0) is 4.74 Å². The summed E-state index contributed by atoms with van der Waals surface area (Å²) in [6.45, 7) is 7.53. The quantitative estimate of drug-likeness (QED) is 0.704. The highest BCUT2D eigenvalue weighted by molar-refractivity contribution is 6.31. The first-order valence-electron chi connectivity index (χ1n) is 7.80. The van der Waals surface area contributed by atoms with E-state index in [1.165, 1.54) is 4.90 Å². The lowest BCUT2D eigenvalue weighted by atomic mass is 10.1. The molecule has 24 heavy (non-hydrogen) atoms. The second kappa shape index (κ2) is 5.98. The Labute approximate surface area is 146 Å². The molecule has 2 heterocycles. The number of rotatable bonds is 0. The van der Waals surface area contributed by atoms with Crippen molar-refractivity contribution in [1.82, 2.24) is 4.98 Å². The van der Waals surface area contributed by atoms with Gasteiger partial charge >= 0.3 is 6.09 Å². The number of halogens is 1. The molecule has 0 saturated carbocycles. The molecule has 2 aromatic rings. The van der Waals surface area contributed by atoms with E-state index in [0.717, 1.165) is 11.3 Å². The van der Waals surface area contributed by atoms with Crippen molar-refractivity contribution in [3.8, 4) is 0 Å². The highest BCUT2D eigenvalue weighted by atomic mass is 35.5. The van der Waals surface area contributed by atoms with Crippen molar-refractivity contribution >= 4 is 34.9 Å². The molecular weight excluding hydrogens is 326 g/mol. The number of hydrogen-bond acceptors (Lipinski definition) is 4. The molecule has 1 aromatic carbocycles. The van der Waals surface area contributed by atoms with E-state index in [4.69, 9.17) is 16.3 Å². The molecule has 1 aromatic heterocycles. The predicted molar refractivity (Wildman–Crippen MR) is 96.1 cm³/mol. The van der Waals surface area contributed by atoms with Gasteiger partial charge in [-0.1, -0.05) is 17.7 Å². The molecule has 3 rings (SSSR count). The van der Waals surface area contributed by atoms with E-state index in [2.05, 4.69) is 10.3 Å². The first-order valence-corrected chi connectivity index (χ1v) is 8.18. The first-order chi connectivity index (χ1) is 11.3. The second-order valence-electron chi connectivity index (χ2n) is 6.76. The Balaban J connectivity index is 2.18. The minimum atomic E-state index is -0.607. The average molecular weight is 346 g/mol. The molecule has 1 atom stereocenters. The van der Waals surface area contributed by atoms with Gasteiger partial charge in [-0.15, -0.1) is 0 Å². The lowest BCUT2D eigenvalue weighted by Gasteiger charge is -2.27. The Morgan fingerprint density at radius 3 is 2.79 bits per heavy atom. The molecule has 1 N–H and O–H groups in total. The third-order valence-electron chi connectivity index (χ3n) is 3.64. The molecule has 5 nitrogen and oxygen atoms in total. The van der Waals surface area contributed by atoms with Crippen LogP contribution in [-0.4, -0.2) is 16.7 Å². The van der Waals surface area contributed by atoms with Crippen molar-refractivity contribution in [2.45, 2.75) is 39.3 Å². The average Bonchev–Trinajstić information content (AvgIpc) is 2.59. The van der Waals surface area contributed by atoms with Gasteiger partial charge in [0, 0.05) is 16.8 Å². The Morgan fingerprint density at radius 1 is 1.33 bits per heavy atom. The van der Waals surface area contributed by atoms with E-state index >= 15 is 0 Å². The van der Waals surface area contributed by atoms with Crippen molar-refractivity contribution in [2.75, 3.05) is 10.2 Å². The van der Waals surface area contributed by atoms with Gasteiger partial charge in [0.1, 0.15) is 11.4 Å². The number of pyridine rings is 1. The minimum Gasteiger partial charge on any atom is -0.443 e. The molecule has 6 heteroatoms. The fraction of sp³-hybridized carbons (Fsp3) is 0.333. The van der Waals surface area contributed by atoms with Crippen LogP contribution in [0.1, 0.15) is 39.3 Å². The van der Waals surface area contributed by atoms with Crippen LogP contribution >= 0.6 is 11.6 Å². The molecule has 0 aliphatic carbocycles. The normalized spacial score (nSPS) is 16.5. The summed E-state index contributed by atoms with van der Waals surface area (Å²) in [7, 11) is 0. The fourth-order valence-corrected chi connectivity index (χ4v) is 2.84. The minimum absolute atomic E-state index is 0.0293. The Kier molecular flexibility index (Phi) is 4.13. The maximum atomic E-state index is 12.9. The summed E-state index contributed by atoms with van der Waals surface area (Å²) in [4.78, 5) is 18.8. The number of anilines is 3. The topological polar surface area (TPSA) is 54.5 Å². The number of nitrogens with one attached hydrogen (secondary N) is 1. The van der Waals surface area contributed by atoms with Crippen molar-refractivity contribution in [3.05, 3.63) is 47.1 Å². The number of carbonyl (C=O) groups excluding carboxylic acids is 1. The van der Waals surface area contributed by atoms with Crippen molar-refractivity contribution in [1.29, 1.82) is 0 Å². The van der Waals surface area contributed by atoms with Crippen LogP contribution in [0.5, 0.6) is 0 Å². The van der Waals surface area contributed by atoms with Crippen LogP contribution in [0.3, 0.4) is 0 Å². The summed E-state index contributed by atoms with van der Waals surface area (Å²) in [6, 6.07) is 9.12. The lowest BCUT2D eigenvalue weighted by Crippen LogP contribution is -2.34. The van der Waals surface area contributed by atoms with Gasteiger partial charge in [0.15, 0.2) is 0 Å². The van der Waals surface area contributed by atoms with Gasteiger partial charge in [0.05, 0.1) is 17.4 Å². The van der Waals surface area contributed by atoms with Gasteiger partial charge in [0.25, 0.3) is 0 Å². The Hall–Kier alpha value is -2.27. The van der Waals surface area contributed by atoms with Gasteiger partial charge in [0.2, 0.25) is 0 Å². The molecule has 0 fully saturated rings. The maximum absolute atomic E-state index is 12.9. The van der Waals surface area contributed by atoms with Crippen LogP contribution in [0.15, 0.2) is 36.5 Å². The molecule has 1 unspecified atom stereocenters. The SMILES string of the molecule is CC1Nc2cc(Cl)ccc2N(C(=O)OC(C)(C)C)c2ncccc21. The number of ether oxygens (including phenoxy) is 1. The number of benzene rings is 1. The van der Waals surface area contributed by atoms with Crippen molar-refractivity contribution < 1.29 is 9.53 Å². The summed E-state index contributed by atoms with van der Waals surface area (Å²) in [6.07, 6.45) is 1.20. The zero-order valence-electron chi connectivity index (χ0n) is 14.1. The van der Waals surface area contributed by atoms with E-state index in [1.807, 2.05) is 39.8 Å². The molecule has 1 amide bonds. The molecule has 1 aliphatic heterocycles. The number of fused-ring (bicyclic) bond motifs is 2. The van der Waals surface area contributed by atoms with Crippen LogP contribution in [0, 0.1) is 0 Å². The molecule has 126 valence electrons. The van der Waals surface area contributed by atoms with Crippen molar-refractivity contribution in [2.24, 2.45) is 0 Å². The number of aromatic nitrogens is 1. The van der Waals surface area contributed by atoms with Gasteiger partial charge in [-0.3, -0.25) is 0 Å². The van der Waals surface area contributed by atoms with Crippen molar-refractivity contribution in [3.63, 3.8) is 0 Å². The van der Waals surface area contributed by atoms with E-state index < -0.39 is 11.7 Å². The smallest absolute Gasteiger partial charge is 0.420 e. The highest BCUT2D eigenvalue weighted by Gasteiger charge is 2.32. The molecule has 1 aliphatic rings. The highest BCUT2D eigenvalue weighted by Crippen LogP contribution is 2.42. The molecule has 0 saturated heterocycles. The standard InChI is InChI=1S/C18H20ClN3O2/c1-11-13-6-5-9-20-16(13)22(17(23)24-18(2,3)4)15-8-7-12(19)10-14(15)21-11/h5-11,21H,1-4H3. The van der Waals surface area contributed by atoms with E-state index in [-0.39, 0.29) is 6.04 Å². The summed E-state index contributed by atoms with van der Waals surface area (Å²) < 4.78 is 5.60. The van der Waals surface area contributed by atoms with Crippen LogP contribution in [0.4, 0.5) is 22.0 Å². The fourth-order valence-electron chi connectivity index (χ4n) is 2.67.